The zero-order chi connectivity index (χ0) is 24.0. The number of benzene rings is 1. The number of unbranched alkanes of at least 4 members (excludes halogenated alkanes) is 1. The number of anilines is 1. The van der Waals surface area contributed by atoms with Gasteiger partial charge < -0.3 is 20.1 Å². The van der Waals surface area contributed by atoms with E-state index in [1.807, 2.05) is 17.5 Å². The van der Waals surface area contributed by atoms with Crippen LogP contribution in [-0.4, -0.2) is 55.1 Å². The van der Waals surface area contributed by atoms with E-state index in [9.17, 15) is 4.79 Å². The molecule has 0 saturated carbocycles. The number of piperazine rings is 1. The predicted octanol–water partition coefficient (Wildman–Crippen LogP) is 5.15. The molecule has 1 saturated heterocycles. The maximum Gasteiger partial charge on any atom is 0.319 e. The second kappa shape index (κ2) is 11.0. The largest absolute Gasteiger partial charge is 0.463 e. The molecule has 0 spiro atoms. The van der Waals surface area contributed by atoms with E-state index in [0.717, 1.165) is 81.1 Å². The molecule has 0 bridgehead atoms. The number of rotatable bonds is 8. The first-order chi connectivity index (χ1) is 17.2. The van der Waals surface area contributed by atoms with Crippen LogP contribution in [0.15, 0.2) is 77.6 Å². The van der Waals surface area contributed by atoms with Crippen LogP contribution in [0.1, 0.15) is 25.7 Å². The summed E-state index contributed by atoms with van der Waals surface area (Å²) in [7, 11) is 0. The molecule has 3 aliphatic rings. The number of allylic oxidation sites excluding steroid dienone is 4. The number of nitrogens with zero attached hydrogens (tertiary/aromatic N) is 3. The summed E-state index contributed by atoms with van der Waals surface area (Å²) in [6, 6.07) is 7.75. The first-order valence-electron chi connectivity index (χ1n) is 12.3. The second-order valence-electron chi connectivity index (χ2n) is 8.98. The second-order valence-corrected chi connectivity index (χ2v) is 9.89. The summed E-state index contributed by atoms with van der Waals surface area (Å²) in [5.41, 5.74) is 7.82. The Hall–Kier alpha value is -3.23. The van der Waals surface area contributed by atoms with E-state index >= 15 is 0 Å². The molecule has 1 fully saturated rings. The zero-order valence-electron chi connectivity index (χ0n) is 19.9. The molecule has 3 heterocycles. The lowest BCUT2D eigenvalue weighted by molar-refractivity contribution is 0.0787. The molecule has 1 aromatic carbocycles. The summed E-state index contributed by atoms with van der Waals surface area (Å²) in [6.07, 6.45) is 13.7. The Balaban J connectivity index is 1.06. The first kappa shape index (κ1) is 23.5. The van der Waals surface area contributed by atoms with E-state index in [-0.39, 0.29) is 0 Å². The predicted molar refractivity (Wildman–Crippen MR) is 141 cm³/mol. The Bertz CT molecular complexity index is 1170. The summed E-state index contributed by atoms with van der Waals surface area (Å²) in [5.74, 6) is 1.60. The lowest BCUT2D eigenvalue weighted by Gasteiger charge is -2.37. The number of hydrogen-bond donors (Lipinski definition) is 1. The number of nitrogens with two attached hydrogens (primary N) is 1. The molecule has 2 N–H and O–H groups in total. The van der Waals surface area contributed by atoms with Crippen molar-refractivity contribution in [3.8, 4) is 0 Å². The summed E-state index contributed by atoms with van der Waals surface area (Å²) >= 11 is 1.65. The molecule has 5 rings (SSSR count). The fourth-order valence-corrected chi connectivity index (χ4v) is 5.67. The Morgan fingerprint density at radius 2 is 1.97 bits per heavy atom. The smallest absolute Gasteiger partial charge is 0.319 e. The molecule has 0 radical (unpaired) electrons. The highest BCUT2D eigenvalue weighted by Gasteiger charge is 2.24. The number of fused-ring (bicyclic) bond motifs is 1. The van der Waals surface area contributed by atoms with Gasteiger partial charge in [0, 0.05) is 48.2 Å². The van der Waals surface area contributed by atoms with E-state index in [4.69, 9.17) is 15.2 Å². The molecule has 7 nitrogen and oxygen atoms in total. The molecule has 184 valence electrons. The summed E-state index contributed by atoms with van der Waals surface area (Å²) < 4.78 is 12.9. The number of primary amides is 1. The first-order valence-corrected chi connectivity index (χ1v) is 13.2. The number of ether oxygens (including phenoxy) is 2. The molecule has 2 amide bonds. The van der Waals surface area contributed by atoms with Crippen molar-refractivity contribution in [2.75, 3.05) is 44.2 Å². The maximum absolute atomic E-state index is 12.1. The maximum atomic E-state index is 12.1. The Kier molecular flexibility index (Phi) is 7.39. The van der Waals surface area contributed by atoms with Crippen molar-refractivity contribution in [2.24, 2.45) is 5.73 Å². The third kappa shape index (κ3) is 5.55. The number of carbonyl (C=O) groups is 1. The van der Waals surface area contributed by atoms with Gasteiger partial charge in [0.15, 0.2) is 12.0 Å². The normalized spacial score (nSPS) is 18.4. The number of thiophene rings is 1. The van der Waals surface area contributed by atoms with Crippen LogP contribution in [0, 0.1) is 0 Å². The fraction of sp³-hybridized carbons (Fsp3) is 0.370. The molecule has 1 aliphatic carbocycles. The number of carbonyl (C=O) groups excluding carboxylic acids is 1. The van der Waals surface area contributed by atoms with Crippen molar-refractivity contribution in [3.05, 3.63) is 77.6 Å². The zero-order valence-corrected chi connectivity index (χ0v) is 20.7. The van der Waals surface area contributed by atoms with Gasteiger partial charge >= 0.3 is 6.03 Å². The van der Waals surface area contributed by atoms with Crippen LogP contribution in [0.2, 0.25) is 0 Å². The summed E-state index contributed by atoms with van der Waals surface area (Å²) in [5, 5.41) is 3.12. The van der Waals surface area contributed by atoms with Crippen molar-refractivity contribution < 1.29 is 14.3 Å². The van der Waals surface area contributed by atoms with Gasteiger partial charge in [-0.25, -0.2) is 4.79 Å². The van der Waals surface area contributed by atoms with Crippen molar-refractivity contribution in [1.29, 1.82) is 0 Å². The van der Waals surface area contributed by atoms with Crippen LogP contribution in [0.4, 0.5) is 10.5 Å². The molecule has 1 aromatic heterocycles. The molecule has 0 unspecified atom stereocenters. The fourth-order valence-electron chi connectivity index (χ4n) is 4.72. The summed E-state index contributed by atoms with van der Waals surface area (Å²) in [6.45, 7) is 5.38. The van der Waals surface area contributed by atoms with Crippen molar-refractivity contribution in [3.63, 3.8) is 0 Å². The van der Waals surface area contributed by atoms with Crippen molar-refractivity contribution in [2.45, 2.75) is 25.7 Å². The Morgan fingerprint density at radius 3 is 2.77 bits per heavy atom. The van der Waals surface area contributed by atoms with Gasteiger partial charge in [-0.3, -0.25) is 9.80 Å². The van der Waals surface area contributed by atoms with E-state index in [1.165, 1.54) is 10.3 Å². The molecule has 35 heavy (non-hydrogen) atoms. The molecule has 0 atom stereocenters. The van der Waals surface area contributed by atoms with Gasteiger partial charge in [0.05, 0.1) is 5.69 Å². The highest BCUT2D eigenvalue weighted by molar-refractivity contribution is 7.17. The van der Waals surface area contributed by atoms with E-state index in [1.54, 1.807) is 28.8 Å². The molecule has 8 heteroatoms. The minimum atomic E-state index is -0.390. The van der Waals surface area contributed by atoms with Crippen molar-refractivity contribution in [1.82, 2.24) is 9.80 Å². The van der Waals surface area contributed by atoms with E-state index in [2.05, 4.69) is 40.2 Å². The van der Waals surface area contributed by atoms with E-state index < -0.39 is 6.03 Å². The summed E-state index contributed by atoms with van der Waals surface area (Å²) in [4.78, 5) is 18.6. The number of urea groups is 1. The SMILES string of the molecule is NC(=O)N(CCCCN1CCN(C2=COC=C(C3=CC=CCC3)O2)CC1)c1csc2ccccc12. The molecule has 2 aromatic rings. The van der Waals surface area contributed by atoms with Gasteiger partial charge in [-0.15, -0.1) is 11.3 Å². The van der Waals surface area contributed by atoms with Crippen LogP contribution < -0.4 is 10.6 Å². The van der Waals surface area contributed by atoms with E-state index in [0.29, 0.717) is 6.54 Å². The van der Waals surface area contributed by atoms with Crippen LogP contribution in [0.5, 0.6) is 0 Å². The third-order valence-electron chi connectivity index (χ3n) is 6.70. The number of amides is 2. The minimum Gasteiger partial charge on any atom is -0.463 e. The Morgan fingerprint density at radius 1 is 1.11 bits per heavy atom. The van der Waals surface area contributed by atoms with Gasteiger partial charge in [-0.1, -0.05) is 36.4 Å². The third-order valence-corrected chi connectivity index (χ3v) is 7.65. The van der Waals surface area contributed by atoms with Gasteiger partial charge in [-0.2, -0.15) is 0 Å². The monoisotopic (exact) mass is 492 g/mol. The number of hydrogen-bond acceptors (Lipinski definition) is 6. The Labute approximate surface area is 210 Å². The molecular formula is C27H32N4O3S. The highest BCUT2D eigenvalue weighted by atomic mass is 32.1. The topological polar surface area (TPSA) is 71.3 Å². The lowest BCUT2D eigenvalue weighted by Crippen LogP contribution is -2.46. The van der Waals surface area contributed by atoms with Gasteiger partial charge in [0.1, 0.15) is 6.26 Å². The standard InChI is InChI=1S/C27H32N4O3S/c28-27(32)31(23-20-35-25-11-5-4-10-22(23)25)13-7-6-12-29-14-16-30(17-15-29)26-19-33-18-24(34-26)21-8-2-1-3-9-21/h1-2,4-5,8,10-11,18-20H,3,6-7,9,12-17H2,(H2,28,32). The van der Waals surface area contributed by atoms with Gasteiger partial charge in [-0.05, 0) is 43.9 Å². The van der Waals surface area contributed by atoms with Crippen LogP contribution in [0.3, 0.4) is 0 Å². The van der Waals surface area contributed by atoms with Gasteiger partial charge in [0.2, 0.25) is 5.88 Å². The molecule has 2 aliphatic heterocycles. The molecular weight excluding hydrogens is 460 g/mol. The van der Waals surface area contributed by atoms with Crippen molar-refractivity contribution >= 4 is 33.1 Å². The average molecular weight is 493 g/mol. The van der Waals surface area contributed by atoms with Crippen LogP contribution in [-0.2, 0) is 9.47 Å². The quantitative estimate of drug-likeness (QED) is 0.516. The van der Waals surface area contributed by atoms with Crippen LogP contribution >= 0.6 is 11.3 Å². The average Bonchev–Trinajstić information content (AvgIpc) is 3.33. The van der Waals surface area contributed by atoms with Gasteiger partial charge in [0.25, 0.3) is 0 Å². The minimum absolute atomic E-state index is 0.390. The highest BCUT2D eigenvalue weighted by Crippen LogP contribution is 2.33. The van der Waals surface area contributed by atoms with Crippen LogP contribution in [0.25, 0.3) is 10.1 Å². The lowest BCUT2D eigenvalue weighted by atomic mass is 10.0.